The van der Waals surface area contributed by atoms with E-state index >= 15 is 0 Å². The molecule has 0 saturated heterocycles. The molecule has 33 heavy (non-hydrogen) atoms. The number of carbonyl (C=O) groups is 4. The van der Waals surface area contributed by atoms with Crippen LogP contribution in [-0.4, -0.2) is 94.7 Å². The second kappa shape index (κ2) is 17.9. The first-order valence-corrected chi connectivity index (χ1v) is 13.6. The number of hydrogen-bond acceptors (Lipinski definition) is 9. The zero-order chi connectivity index (χ0) is 25.4. The fraction of sp³-hybridized carbons (Fsp3) is 0.800. The fourth-order valence-electron chi connectivity index (χ4n) is 2.83. The third kappa shape index (κ3) is 13.1. The molecule has 0 aliphatic heterocycles. The molecule has 0 aromatic heterocycles. The van der Waals surface area contributed by atoms with E-state index in [0.29, 0.717) is 43.7 Å². The highest BCUT2D eigenvalue weighted by atomic mass is 32.2. The van der Waals surface area contributed by atoms with Crippen molar-refractivity contribution in [1.29, 1.82) is 0 Å². The van der Waals surface area contributed by atoms with Crippen LogP contribution in [0.25, 0.3) is 0 Å². The van der Waals surface area contributed by atoms with Gasteiger partial charge in [-0.15, -0.1) is 0 Å². The number of nitrogens with two attached hydrogens (primary N) is 2. The molecular weight excluding hydrogens is 470 g/mol. The quantitative estimate of drug-likeness (QED) is 0.111. The lowest BCUT2D eigenvalue weighted by atomic mass is 10.1. The Balaban J connectivity index is 5.27. The van der Waals surface area contributed by atoms with Crippen LogP contribution in [0.2, 0.25) is 0 Å². The van der Waals surface area contributed by atoms with Gasteiger partial charge < -0.3 is 37.6 Å². The van der Waals surface area contributed by atoms with E-state index in [9.17, 15) is 29.4 Å². The molecule has 0 aromatic carbocycles. The number of carboxylic acids is 1. The minimum Gasteiger partial charge on any atom is -0.480 e. The van der Waals surface area contributed by atoms with Crippen LogP contribution in [0.3, 0.4) is 0 Å². The molecule has 0 heterocycles. The molecule has 0 aromatic rings. The van der Waals surface area contributed by atoms with Gasteiger partial charge in [0.2, 0.25) is 17.7 Å². The Morgan fingerprint density at radius 1 is 0.848 bits per heavy atom. The Labute approximate surface area is 203 Å². The van der Waals surface area contributed by atoms with Crippen molar-refractivity contribution < 1.29 is 29.4 Å². The van der Waals surface area contributed by atoms with E-state index in [4.69, 9.17) is 11.5 Å². The summed E-state index contributed by atoms with van der Waals surface area (Å²) in [7, 11) is 0. The molecule has 0 aliphatic rings. The second-order valence-electron chi connectivity index (χ2n) is 7.64. The Morgan fingerprint density at radius 2 is 1.42 bits per heavy atom. The van der Waals surface area contributed by atoms with E-state index < -0.39 is 54.0 Å². The lowest BCUT2D eigenvalue weighted by molar-refractivity contribution is -0.143. The highest BCUT2D eigenvalue weighted by molar-refractivity contribution is 7.98. The van der Waals surface area contributed by atoms with E-state index in [1.807, 2.05) is 12.5 Å². The summed E-state index contributed by atoms with van der Waals surface area (Å²) in [4.78, 5) is 49.4. The van der Waals surface area contributed by atoms with E-state index in [1.54, 1.807) is 11.8 Å². The Kier molecular flexibility index (Phi) is 17.0. The smallest absolute Gasteiger partial charge is 0.326 e. The maximum atomic E-state index is 12.9. The van der Waals surface area contributed by atoms with Crippen molar-refractivity contribution in [3.63, 3.8) is 0 Å². The van der Waals surface area contributed by atoms with Crippen LogP contribution >= 0.6 is 23.5 Å². The van der Waals surface area contributed by atoms with E-state index in [-0.39, 0.29) is 6.42 Å². The number of amides is 3. The summed E-state index contributed by atoms with van der Waals surface area (Å²) < 4.78 is 0. The van der Waals surface area contributed by atoms with Gasteiger partial charge >= 0.3 is 5.97 Å². The summed E-state index contributed by atoms with van der Waals surface area (Å²) in [5.41, 5.74) is 11.3. The summed E-state index contributed by atoms with van der Waals surface area (Å²) in [5.74, 6) is -1.94. The number of rotatable bonds is 18. The van der Waals surface area contributed by atoms with Crippen molar-refractivity contribution in [3.05, 3.63) is 0 Å². The molecule has 192 valence electrons. The number of unbranched alkanes of at least 4 members (excludes halogenated alkanes) is 1. The van der Waals surface area contributed by atoms with Crippen LogP contribution in [0, 0.1) is 0 Å². The summed E-state index contributed by atoms with van der Waals surface area (Å²) in [5, 5.41) is 26.9. The molecule has 0 aliphatic carbocycles. The van der Waals surface area contributed by atoms with Crippen molar-refractivity contribution in [1.82, 2.24) is 16.0 Å². The standard InChI is InChI=1S/C20H39N5O6S2/c1-12(26)16(19(29)24-15(20(30)31)6-4-5-9-21)25-18(28)14(8-11-33-3)23-17(27)13(22)7-10-32-2/h12-16,26H,4-11,21-22H2,1-3H3,(H,23,27)(H,24,29)(H,25,28)(H,30,31). The summed E-state index contributed by atoms with van der Waals surface area (Å²) in [6, 6.07) is -4.31. The van der Waals surface area contributed by atoms with Crippen molar-refractivity contribution in [3.8, 4) is 0 Å². The molecule has 3 amide bonds. The number of aliphatic hydroxyl groups is 1. The monoisotopic (exact) mass is 509 g/mol. The maximum absolute atomic E-state index is 12.9. The van der Waals surface area contributed by atoms with Gasteiger partial charge in [0.05, 0.1) is 12.1 Å². The van der Waals surface area contributed by atoms with Gasteiger partial charge in [-0.25, -0.2) is 4.79 Å². The SMILES string of the molecule is CSCCC(N)C(=O)NC(CCSC)C(=O)NC(C(=O)NC(CCCCN)C(=O)O)C(C)O. The van der Waals surface area contributed by atoms with Crippen LogP contribution in [0.4, 0.5) is 0 Å². The van der Waals surface area contributed by atoms with Crippen molar-refractivity contribution in [2.75, 3.05) is 30.6 Å². The Hall–Kier alpha value is -1.54. The Bertz CT molecular complexity index is 626. The van der Waals surface area contributed by atoms with Gasteiger partial charge in [0.25, 0.3) is 0 Å². The van der Waals surface area contributed by atoms with Gasteiger partial charge in [0.15, 0.2) is 0 Å². The number of carbonyl (C=O) groups excluding carboxylic acids is 3. The van der Waals surface area contributed by atoms with Gasteiger partial charge in [-0.2, -0.15) is 23.5 Å². The highest BCUT2D eigenvalue weighted by Crippen LogP contribution is 2.06. The topological polar surface area (TPSA) is 197 Å². The summed E-state index contributed by atoms with van der Waals surface area (Å²) in [6.45, 7) is 1.71. The van der Waals surface area contributed by atoms with Gasteiger partial charge in [0.1, 0.15) is 18.1 Å². The first kappa shape index (κ1) is 31.5. The summed E-state index contributed by atoms with van der Waals surface area (Å²) >= 11 is 3.03. The number of nitrogens with one attached hydrogen (secondary N) is 3. The molecule has 0 bridgehead atoms. The molecule has 0 spiro atoms. The average Bonchev–Trinajstić information content (AvgIpc) is 2.76. The predicted octanol–water partition coefficient (Wildman–Crippen LogP) is -1.13. The molecule has 5 unspecified atom stereocenters. The predicted molar refractivity (Wildman–Crippen MR) is 132 cm³/mol. The van der Waals surface area contributed by atoms with Crippen LogP contribution in [0.1, 0.15) is 39.0 Å². The van der Waals surface area contributed by atoms with Crippen LogP contribution in [-0.2, 0) is 19.2 Å². The highest BCUT2D eigenvalue weighted by Gasteiger charge is 2.32. The first-order valence-electron chi connectivity index (χ1n) is 10.8. The van der Waals surface area contributed by atoms with Gasteiger partial charge in [-0.3, -0.25) is 14.4 Å². The fourth-order valence-corrected chi connectivity index (χ4v) is 3.79. The lowest BCUT2D eigenvalue weighted by Gasteiger charge is -2.26. The molecule has 0 saturated carbocycles. The number of thioether (sulfide) groups is 2. The normalized spacial score (nSPS) is 15.6. The minimum atomic E-state index is -1.40. The summed E-state index contributed by atoms with van der Waals surface area (Å²) in [6.07, 6.45) is 4.46. The number of aliphatic carboxylic acids is 1. The minimum absolute atomic E-state index is 0.166. The van der Waals surface area contributed by atoms with Gasteiger partial charge in [-0.1, -0.05) is 0 Å². The number of aliphatic hydroxyl groups excluding tert-OH is 1. The molecule has 9 N–H and O–H groups in total. The average molecular weight is 510 g/mol. The first-order chi connectivity index (χ1) is 15.6. The van der Waals surface area contributed by atoms with Crippen LogP contribution < -0.4 is 27.4 Å². The molecule has 11 nitrogen and oxygen atoms in total. The molecule has 5 atom stereocenters. The number of hydrogen-bond donors (Lipinski definition) is 7. The third-order valence-electron chi connectivity index (χ3n) is 4.84. The van der Waals surface area contributed by atoms with Crippen molar-refractivity contribution in [2.45, 2.75) is 69.3 Å². The molecule has 0 radical (unpaired) electrons. The second-order valence-corrected chi connectivity index (χ2v) is 9.61. The van der Waals surface area contributed by atoms with Gasteiger partial charge in [0, 0.05) is 0 Å². The molecular formula is C20H39N5O6S2. The van der Waals surface area contributed by atoms with Crippen LogP contribution in [0.5, 0.6) is 0 Å². The lowest BCUT2D eigenvalue weighted by Crippen LogP contribution is -2.59. The number of carboxylic acid groups (broad SMARTS) is 1. The molecule has 0 fully saturated rings. The van der Waals surface area contributed by atoms with E-state index in [0.717, 1.165) is 0 Å². The van der Waals surface area contributed by atoms with E-state index in [1.165, 1.54) is 18.7 Å². The maximum Gasteiger partial charge on any atom is 0.326 e. The molecule has 0 rings (SSSR count). The zero-order valence-electron chi connectivity index (χ0n) is 19.5. The van der Waals surface area contributed by atoms with Crippen LogP contribution in [0.15, 0.2) is 0 Å². The van der Waals surface area contributed by atoms with E-state index in [2.05, 4.69) is 16.0 Å². The Morgan fingerprint density at radius 3 is 1.94 bits per heavy atom. The molecule has 13 heteroatoms. The van der Waals surface area contributed by atoms with Gasteiger partial charge in [-0.05, 0) is 69.6 Å². The third-order valence-corrected chi connectivity index (χ3v) is 6.13. The van der Waals surface area contributed by atoms with Crippen molar-refractivity contribution >= 4 is 47.2 Å². The largest absolute Gasteiger partial charge is 0.480 e. The van der Waals surface area contributed by atoms with Crippen molar-refractivity contribution in [2.24, 2.45) is 11.5 Å². The zero-order valence-corrected chi connectivity index (χ0v) is 21.2.